The first-order valence-corrected chi connectivity index (χ1v) is 3.11. The van der Waals surface area contributed by atoms with Crippen LogP contribution in [0.15, 0.2) is 23.1 Å². The number of phenolic OH excluding ortho intramolecular Hbond substituents is 1. The molecule has 1 rings (SSSR count). The predicted molar refractivity (Wildman–Crippen MR) is 40.1 cm³/mol. The SMILES string of the molecule is N#Cc1ccc(O)cc1S. The van der Waals surface area contributed by atoms with Crippen molar-refractivity contribution in [3.63, 3.8) is 0 Å². The van der Waals surface area contributed by atoms with Gasteiger partial charge in [0, 0.05) is 4.90 Å². The minimum absolute atomic E-state index is 0.129. The van der Waals surface area contributed by atoms with E-state index in [4.69, 9.17) is 10.4 Å². The largest absolute Gasteiger partial charge is 0.508 e. The number of phenols is 1. The summed E-state index contributed by atoms with van der Waals surface area (Å²) in [5, 5.41) is 17.3. The number of aromatic hydroxyl groups is 1. The van der Waals surface area contributed by atoms with Crippen LogP contribution in [0.1, 0.15) is 5.56 Å². The second-order valence-corrected chi connectivity index (χ2v) is 2.30. The van der Waals surface area contributed by atoms with E-state index in [1.54, 1.807) is 0 Å². The molecule has 10 heavy (non-hydrogen) atoms. The number of hydrogen-bond acceptors (Lipinski definition) is 3. The van der Waals surface area contributed by atoms with E-state index in [-0.39, 0.29) is 5.75 Å². The van der Waals surface area contributed by atoms with Crippen LogP contribution in [-0.2, 0) is 0 Å². The Hall–Kier alpha value is -1.14. The van der Waals surface area contributed by atoms with Crippen molar-refractivity contribution < 1.29 is 5.11 Å². The van der Waals surface area contributed by atoms with Crippen LogP contribution in [0.5, 0.6) is 5.75 Å². The Labute approximate surface area is 64.1 Å². The standard InChI is InChI=1S/C7H5NOS/c8-4-5-1-2-6(9)3-7(5)10/h1-3,9-10H. The van der Waals surface area contributed by atoms with Crippen molar-refractivity contribution in [2.75, 3.05) is 0 Å². The maximum Gasteiger partial charge on any atom is 0.116 e. The van der Waals surface area contributed by atoms with Gasteiger partial charge in [-0.2, -0.15) is 5.26 Å². The van der Waals surface area contributed by atoms with Crippen molar-refractivity contribution in [1.82, 2.24) is 0 Å². The van der Waals surface area contributed by atoms with Crippen molar-refractivity contribution in [2.45, 2.75) is 4.90 Å². The number of benzene rings is 1. The van der Waals surface area contributed by atoms with Crippen LogP contribution in [0.3, 0.4) is 0 Å². The van der Waals surface area contributed by atoms with Crippen LogP contribution in [-0.4, -0.2) is 5.11 Å². The molecule has 1 N–H and O–H groups in total. The second-order valence-electron chi connectivity index (χ2n) is 1.81. The summed E-state index contributed by atoms with van der Waals surface area (Å²) < 4.78 is 0. The molecule has 0 spiro atoms. The summed E-state index contributed by atoms with van der Waals surface area (Å²) in [5.41, 5.74) is 0.473. The van der Waals surface area contributed by atoms with Crippen LogP contribution in [0.2, 0.25) is 0 Å². The molecule has 50 valence electrons. The molecule has 0 fully saturated rings. The van der Waals surface area contributed by atoms with Gasteiger partial charge in [0.1, 0.15) is 11.8 Å². The molecule has 0 saturated heterocycles. The fraction of sp³-hybridized carbons (Fsp3) is 0. The van der Waals surface area contributed by atoms with Crippen LogP contribution in [0, 0.1) is 11.3 Å². The highest BCUT2D eigenvalue weighted by Crippen LogP contribution is 2.18. The van der Waals surface area contributed by atoms with Crippen LogP contribution >= 0.6 is 12.6 Å². The van der Waals surface area contributed by atoms with Crippen molar-refractivity contribution in [1.29, 1.82) is 5.26 Å². The summed E-state index contributed by atoms with van der Waals surface area (Å²) >= 11 is 3.97. The molecule has 0 aromatic heterocycles. The van der Waals surface area contributed by atoms with E-state index >= 15 is 0 Å². The van der Waals surface area contributed by atoms with Gasteiger partial charge in [-0.25, -0.2) is 0 Å². The van der Waals surface area contributed by atoms with Crippen molar-refractivity contribution in [3.8, 4) is 11.8 Å². The van der Waals surface area contributed by atoms with Crippen molar-refractivity contribution >= 4 is 12.6 Å². The quantitative estimate of drug-likeness (QED) is 0.552. The number of rotatable bonds is 0. The molecule has 0 radical (unpaired) electrons. The first-order valence-electron chi connectivity index (χ1n) is 2.66. The van der Waals surface area contributed by atoms with Gasteiger partial charge >= 0.3 is 0 Å². The Morgan fingerprint density at radius 1 is 1.50 bits per heavy atom. The lowest BCUT2D eigenvalue weighted by molar-refractivity contribution is 0.474. The summed E-state index contributed by atoms with van der Waals surface area (Å²) in [6.45, 7) is 0. The third-order valence-corrected chi connectivity index (χ3v) is 1.47. The highest BCUT2D eigenvalue weighted by Gasteiger charge is 1.96. The third kappa shape index (κ3) is 1.23. The average molecular weight is 151 g/mol. The van der Waals surface area contributed by atoms with Gasteiger partial charge in [-0.15, -0.1) is 12.6 Å². The van der Waals surface area contributed by atoms with E-state index in [1.807, 2.05) is 6.07 Å². The van der Waals surface area contributed by atoms with Crippen LogP contribution < -0.4 is 0 Å². The molecule has 0 amide bonds. The van der Waals surface area contributed by atoms with Gasteiger partial charge in [-0.05, 0) is 18.2 Å². The summed E-state index contributed by atoms with van der Waals surface area (Å²) in [4.78, 5) is 0.502. The van der Waals surface area contributed by atoms with E-state index in [0.717, 1.165) is 0 Å². The van der Waals surface area contributed by atoms with E-state index in [9.17, 15) is 0 Å². The summed E-state index contributed by atoms with van der Waals surface area (Å²) in [7, 11) is 0. The first-order chi connectivity index (χ1) is 4.74. The third-order valence-electron chi connectivity index (χ3n) is 1.10. The molecule has 0 atom stereocenters. The lowest BCUT2D eigenvalue weighted by Gasteiger charge is -1.94. The highest BCUT2D eigenvalue weighted by atomic mass is 32.1. The van der Waals surface area contributed by atoms with Gasteiger partial charge in [0.05, 0.1) is 5.56 Å². The summed E-state index contributed by atoms with van der Waals surface area (Å²) in [5.74, 6) is 0.129. The van der Waals surface area contributed by atoms with E-state index in [2.05, 4.69) is 12.6 Å². The maximum atomic E-state index is 8.87. The minimum atomic E-state index is 0.129. The topological polar surface area (TPSA) is 44.0 Å². The Morgan fingerprint density at radius 2 is 2.20 bits per heavy atom. The lowest BCUT2D eigenvalue weighted by Crippen LogP contribution is -1.75. The second kappa shape index (κ2) is 2.63. The molecular formula is C7H5NOS. The molecule has 1 aromatic rings. The van der Waals surface area contributed by atoms with E-state index < -0.39 is 0 Å². The number of thiol groups is 1. The zero-order valence-corrected chi connectivity index (χ0v) is 5.97. The fourth-order valence-corrected chi connectivity index (χ4v) is 0.871. The average Bonchev–Trinajstić information content (AvgIpc) is 1.88. The van der Waals surface area contributed by atoms with Gasteiger partial charge in [0.15, 0.2) is 0 Å². The summed E-state index contributed by atoms with van der Waals surface area (Å²) in [6, 6.07) is 6.35. The van der Waals surface area contributed by atoms with Crippen molar-refractivity contribution in [2.24, 2.45) is 0 Å². The molecule has 0 heterocycles. The highest BCUT2D eigenvalue weighted by molar-refractivity contribution is 7.80. The fourth-order valence-electron chi connectivity index (χ4n) is 0.615. The zero-order chi connectivity index (χ0) is 7.56. The molecule has 1 aromatic carbocycles. The molecular weight excluding hydrogens is 146 g/mol. The molecule has 0 aliphatic rings. The minimum Gasteiger partial charge on any atom is -0.508 e. The molecule has 0 saturated carbocycles. The number of hydrogen-bond donors (Lipinski definition) is 2. The zero-order valence-electron chi connectivity index (χ0n) is 5.07. The summed E-state index contributed by atoms with van der Waals surface area (Å²) in [6.07, 6.45) is 0. The van der Waals surface area contributed by atoms with Gasteiger partial charge in [-0.1, -0.05) is 0 Å². The Kier molecular flexibility index (Phi) is 1.83. The molecule has 0 unspecified atom stereocenters. The van der Waals surface area contributed by atoms with Gasteiger partial charge in [-0.3, -0.25) is 0 Å². The molecule has 3 heteroatoms. The van der Waals surface area contributed by atoms with E-state index in [1.165, 1.54) is 18.2 Å². The predicted octanol–water partition coefficient (Wildman–Crippen LogP) is 1.55. The van der Waals surface area contributed by atoms with Gasteiger partial charge < -0.3 is 5.11 Å². The normalized spacial score (nSPS) is 8.80. The van der Waals surface area contributed by atoms with E-state index in [0.29, 0.717) is 10.5 Å². The maximum absolute atomic E-state index is 8.87. The van der Waals surface area contributed by atoms with Crippen LogP contribution in [0.4, 0.5) is 0 Å². The molecule has 2 nitrogen and oxygen atoms in total. The Balaban J connectivity index is 3.23. The molecule has 0 bridgehead atoms. The first kappa shape index (κ1) is 6.97. The smallest absolute Gasteiger partial charge is 0.116 e. The van der Waals surface area contributed by atoms with Gasteiger partial charge in [0.2, 0.25) is 0 Å². The van der Waals surface area contributed by atoms with Gasteiger partial charge in [0.25, 0.3) is 0 Å². The number of nitrogens with zero attached hydrogens (tertiary/aromatic N) is 1. The Morgan fingerprint density at radius 3 is 2.70 bits per heavy atom. The number of nitriles is 1. The van der Waals surface area contributed by atoms with Crippen molar-refractivity contribution in [3.05, 3.63) is 23.8 Å². The lowest BCUT2D eigenvalue weighted by atomic mass is 10.2. The monoisotopic (exact) mass is 151 g/mol. The molecule has 0 aliphatic carbocycles. The molecule has 0 aliphatic heterocycles. The Bertz CT molecular complexity index is 290. The van der Waals surface area contributed by atoms with Crippen LogP contribution in [0.25, 0.3) is 0 Å².